The first-order chi connectivity index (χ1) is 11.5. The number of anilines is 1. The quantitative estimate of drug-likeness (QED) is 0.869. The third kappa shape index (κ3) is 4.01. The van der Waals surface area contributed by atoms with Gasteiger partial charge in [-0.1, -0.05) is 36.4 Å². The molecule has 1 saturated carbocycles. The number of rotatable bonds is 6. The summed E-state index contributed by atoms with van der Waals surface area (Å²) in [7, 11) is 0. The predicted octanol–water partition coefficient (Wildman–Crippen LogP) is 4.05. The molecule has 1 aliphatic rings. The van der Waals surface area contributed by atoms with Crippen LogP contribution in [0.3, 0.4) is 0 Å². The normalized spacial score (nSPS) is 14.0. The lowest BCUT2D eigenvalue weighted by atomic mass is 10.1. The summed E-state index contributed by atoms with van der Waals surface area (Å²) in [6, 6.07) is 13.1. The predicted molar refractivity (Wildman–Crippen MR) is 94.4 cm³/mol. The summed E-state index contributed by atoms with van der Waals surface area (Å²) < 4.78 is 13.9. The van der Waals surface area contributed by atoms with Gasteiger partial charge in [0.05, 0.1) is 6.54 Å². The van der Waals surface area contributed by atoms with E-state index in [-0.39, 0.29) is 18.3 Å². The molecule has 0 bridgehead atoms. The molecule has 2 aromatic rings. The molecule has 24 heavy (non-hydrogen) atoms. The number of halogens is 1. The summed E-state index contributed by atoms with van der Waals surface area (Å²) in [5.74, 6) is -0.256. The zero-order valence-corrected chi connectivity index (χ0v) is 14.2. The van der Waals surface area contributed by atoms with Gasteiger partial charge in [0.25, 0.3) is 0 Å². The average Bonchev–Trinajstić information content (AvgIpc) is 3.37. The van der Waals surface area contributed by atoms with Crippen molar-refractivity contribution in [3.8, 4) is 0 Å². The topological polar surface area (TPSA) is 32.3 Å². The molecule has 0 heterocycles. The molecule has 1 N–H and O–H groups in total. The molecule has 0 aromatic heterocycles. The highest BCUT2D eigenvalue weighted by Crippen LogP contribution is 2.29. The van der Waals surface area contributed by atoms with E-state index in [0.29, 0.717) is 18.2 Å². The van der Waals surface area contributed by atoms with E-state index in [9.17, 15) is 9.18 Å². The van der Waals surface area contributed by atoms with Gasteiger partial charge in [-0.3, -0.25) is 9.69 Å². The van der Waals surface area contributed by atoms with Gasteiger partial charge in [0, 0.05) is 23.8 Å². The van der Waals surface area contributed by atoms with E-state index in [1.807, 2.05) is 38.1 Å². The van der Waals surface area contributed by atoms with Crippen molar-refractivity contribution in [2.45, 2.75) is 39.3 Å². The van der Waals surface area contributed by atoms with Gasteiger partial charge in [0.2, 0.25) is 5.91 Å². The fraction of sp³-hybridized carbons (Fsp3) is 0.350. The number of nitrogens with zero attached hydrogens (tertiary/aromatic N) is 1. The van der Waals surface area contributed by atoms with Crippen molar-refractivity contribution in [3.63, 3.8) is 0 Å². The molecule has 126 valence electrons. The van der Waals surface area contributed by atoms with Gasteiger partial charge >= 0.3 is 0 Å². The largest absolute Gasteiger partial charge is 0.324 e. The Kier molecular flexibility index (Phi) is 4.95. The number of benzene rings is 2. The zero-order valence-electron chi connectivity index (χ0n) is 14.2. The van der Waals surface area contributed by atoms with Crippen molar-refractivity contribution in [2.75, 3.05) is 11.9 Å². The van der Waals surface area contributed by atoms with Crippen LogP contribution in [-0.2, 0) is 11.3 Å². The first-order valence-corrected chi connectivity index (χ1v) is 8.38. The van der Waals surface area contributed by atoms with E-state index in [2.05, 4.69) is 10.2 Å². The van der Waals surface area contributed by atoms with Crippen molar-refractivity contribution in [1.82, 2.24) is 4.90 Å². The molecule has 3 rings (SSSR count). The molecule has 0 atom stereocenters. The molecular formula is C20H23FN2O. The second-order valence-electron chi connectivity index (χ2n) is 6.54. The van der Waals surface area contributed by atoms with Crippen LogP contribution < -0.4 is 5.32 Å². The highest BCUT2D eigenvalue weighted by atomic mass is 19.1. The number of hydrogen-bond donors (Lipinski definition) is 1. The molecular weight excluding hydrogens is 303 g/mol. The Balaban J connectivity index is 1.68. The minimum atomic E-state index is -0.210. The van der Waals surface area contributed by atoms with Gasteiger partial charge in [-0.25, -0.2) is 4.39 Å². The first-order valence-electron chi connectivity index (χ1n) is 8.38. The SMILES string of the molecule is Cc1cccc(C)c1NC(=O)CN(Cc1ccccc1F)C1CC1. The maximum atomic E-state index is 13.9. The average molecular weight is 326 g/mol. The van der Waals surface area contributed by atoms with Gasteiger partial charge in [-0.05, 0) is 43.9 Å². The van der Waals surface area contributed by atoms with Crippen LogP contribution in [0.25, 0.3) is 0 Å². The summed E-state index contributed by atoms with van der Waals surface area (Å²) in [6.07, 6.45) is 2.15. The summed E-state index contributed by atoms with van der Waals surface area (Å²) in [5.41, 5.74) is 3.62. The van der Waals surface area contributed by atoms with Gasteiger partial charge in [-0.15, -0.1) is 0 Å². The second-order valence-corrected chi connectivity index (χ2v) is 6.54. The molecule has 0 unspecified atom stereocenters. The minimum absolute atomic E-state index is 0.0457. The van der Waals surface area contributed by atoms with Crippen molar-refractivity contribution in [3.05, 3.63) is 65.0 Å². The Morgan fingerprint density at radius 2 is 1.79 bits per heavy atom. The molecule has 1 fully saturated rings. The van der Waals surface area contributed by atoms with Crippen LogP contribution in [0.4, 0.5) is 10.1 Å². The Bertz CT molecular complexity index is 720. The minimum Gasteiger partial charge on any atom is -0.324 e. The molecule has 2 aromatic carbocycles. The summed E-state index contributed by atoms with van der Waals surface area (Å²) >= 11 is 0. The van der Waals surface area contributed by atoms with Gasteiger partial charge in [0.1, 0.15) is 5.82 Å². The molecule has 1 amide bonds. The van der Waals surface area contributed by atoms with Crippen LogP contribution in [0.1, 0.15) is 29.5 Å². The zero-order chi connectivity index (χ0) is 17.1. The second kappa shape index (κ2) is 7.14. The van der Waals surface area contributed by atoms with Gasteiger partial charge in [-0.2, -0.15) is 0 Å². The summed E-state index contributed by atoms with van der Waals surface area (Å²) in [5, 5.41) is 3.02. The van der Waals surface area contributed by atoms with Crippen LogP contribution in [0.5, 0.6) is 0 Å². The van der Waals surface area contributed by atoms with Crippen LogP contribution in [0.2, 0.25) is 0 Å². The van der Waals surface area contributed by atoms with Gasteiger partial charge < -0.3 is 5.32 Å². The van der Waals surface area contributed by atoms with E-state index < -0.39 is 0 Å². The third-order valence-corrected chi connectivity index (χ3v) is 4.49. The maximum absolute atomic E-state index is 13.9. The van der Waals surface area contributed by atoms with Gasteiger partial charge in [0.15, 0.2) is 0 Å². The Labute approximate surface area is 142 Å². The van der Waals surface area contributed by atoms with Crippen molar-refractivity contribution < 1.29 is 9.18 Å². The molecule has 0 saturated heterocycles. The number of carbonyl (C=O) groups excluding carboxylic acids is 1. The van der Waals surface area contributed by atoms with E-state index in [1.165, 1.54) is 6.07 Å². The highest BCUT2D eigenvalue weighted by molar-refractivity contribution is 5.93. The molecule has 1 aliphatic carbocycles. The molecule has 0 spiro atoms. The Hall–Kier alpha value is -2.20. The lowest BCUT2D eigenvalue weighted by Gasteiger charge is -2.22. The smallest absolute Gasteiger partial charge is 0.238 e. The van der Waals surface area contributed by atoms with E-state index in [0.717, 1.165) is 29.7 Å². The fourth-order valence-corrected chi connectivity index (χ4v) is 2.97. The molecule has 4 heteroatoms. The van der Waals surface area contributed by atoms with Crippen LogP contribution in [0.15, 0.2) is 42.5 Å². The molecule has 0 aliphatic heterocycles. The van der Waals surface area contributed by atoms with Crippen LogP contribution >= 0.6 is 0 Å². The fourth-order valence-electron chi connectivity index (χ4n) is 2.97. The van der Waals surface area contributed by atoms with Crippen molar-refractivity contribution in [2.24, 2.45) is 0 Å². The van der Waals surface area contributed by atoms with E-state index in [1.54, 1.807) is 12.1 Å². The van der Waals surface area contributed by atoms with Crippen LogP contribution in [-0.4, -0.2) is 23.4 Å². The lowest BCUT2D eigenvalue weighted by Crippen LogP contribution is -2.35. The summed E-state index contributed by atoms with van der Waals surface area (Å²) in [6.45, 7) is 4.73. The number of hydrogen-bond acceptors (Lipinski definition) is 2. The number of nitrogens with one attached hydrogen (secondary N) is 1. The third-order valence-electron chi connectivity index (χ3n) is 4.49. The van der Waals surface area contributed by atoms with Crippen molar-refractivity contribution in [1.29, 1.82) is 0 Å². The van der Waals surface area contributed by atoms with E-state index >= 15 is 0 Å². The standard InChI is InChI=1S/C20H23FN2O/c1-14-6-5-7-15(2)20(14)22-19(24)13-23(17-10-11-17)12-16-8-3-4-9-18(16)21/h3-9,17H,10-13H2,1-2H3,(H,22,24). The Morgan fingerprint density at radius 3 is 2.42 bits per heavy atom. The van der Waals surface area contributed by atoms with Crippen molar-refractivity contribution >= 4 is 11.6 Å². The maximum Gasteiger partial charge on any atom is 0.238 e. The first kappa shape index (κ1) is 16.7. The Morgan fingerprint density at radius 1 is 1.12 bits per heavy atom. The highest BCUT2D eigenvalue weighted by Gasteiger charge is 2.30. The number of aryl methyl sites for hydroxylation is 2. The summed E-state index contributed by atoms with van der Waals surface area (Å²) in [4.78, 5) is 14.6. The number of para-hydroxylation sites is 1. The number of amides is 1. The monoisotopic (exact) mass is 326 g/mol. The lowest BCUT2D eigenvalue weighted by molar-refractivity contribution is -0.117. The van der Waals surface area contributed by atoms with Crippen LogP contribution in [0, 0.1) is 19.7 Å². The number of carbonyl (C=O) groups is 1. The molecule has 0 radical (unpaired) electrons. The molecule has 3 nitrogen and oxygen atoms in total. The van der Waals surface area contributed by atoms with E-state index in [4.69, 9.17) is 0 Å².